The molecule has 0 radical (unpaired) electrons. The molecule has 0 fully saturated rings. The SMILES string of the molecule is CC(CCNCCOc1ccc(Br)cc1)S(C)=O. The van der Waals surface area contributed by atoms with Gasteiger partial charge >= 0.3 is 0 Å². The van der Waals surface area contributed by atoms with Crippen LogP contribution < -0.4 is 10.1 Å². The van der Waals surface area contributed by atoms with Crippen LogP contribution in [0.1, 0.15) is 13.3 Å². The zero-order chi connectivity index (χ0) is 13.4. The van der Waals surface area contributed by atoms with Crippen LogP contribution >= 0.6 is 15.9 Å². The molecule has 0 aliphatic carbocycles. The molecule has 2 unspecified atom stereocenters. The molecule has 0 saturated heterocycles. The highest BCUT2D eigenvalue weighted by molar-refractivity contribution is 9.10. The van der Waals surface area contributed by atoms with E-state index in [4.69, 9.17) is 4.74 Å². The Kier molecular flexibility index (Phi) is 7.54. The lowest BCUT2D eigenvalue weighted by Gasteiger charge is -2.10. The summed E-state index contributed by atoms with van der Waals surface area (Å²) in [6, 6.07) is 7.79. The maximum atomic E-state index is 11.1. The van der Waals surface area contributed by atoms with Gasteiger partial charge < -0.3 is 10.1 Å². The summed E-state index contributed by atoms with van der Waals surface area (Å²) in [6.07, 6.45) is 2.68. The van der Waals surface area contributed by atoms with E-state index in [2.05, 4.69) is 21.2 Å². The molecule has 0 bridgehead atoms. The molecule has 0 saturated carbocycles. The van der Waals surface area contributed by atoms with Gasteiger partial charge in [0.25, 0.3) is 0 Å². The van der Waals surface area contributed by atoms with Gasteiger partial charge in [0.15, 0.2) is 0 Å². The fourth-order valence-electron chi connectivity index (χ4n) is 1.37. The first kappa shape index (κ1) is 15.7. The predicted octanol–water partition coefficient (Wildman–Crippen LogP) is 2.57. The van der Waals surface area contributed by atoms with Crippen LogP contribution in [0.3, 0.4) is 0 Å². The predicted molar refractivity (Wildman–Crippen MR) is 80.7 cm³/mol. The Morgan fingerprint density at radius 1 is 1.33 bits per heavy atom. The highest BCUT2D eigenvalue weighted by Gasteiger charge is 2.04. The molecule has 102 valence electrons. The summed E-state index contributed by atoms with van der Waals surface area (Å²) < 4.78 is 17.8. The van der Waals surface area contributed by atoms with Gasteiger partial charge in [-0.25, -0.2) is 0 Å². The van der Waals surface area contributed by atoms with Gasteiger partial charge in [-0.2, -0.15) is 0 Å². The van der Waals surface area contributed by atoms with E-state index >= 15 is 0 Å². The number of halogens is 1. The normalized spacial score (nSPS) is 14.2. The van der Waals surface area contributed by atoms with Crippen molar-refractivity contribution in [2.75, 3.05) is 26.0 Å². The van der Waals surface area contributed by atoms with E-state index in [1.165, 1.54) is 0 Å². The minimum absolute atomic E-state index is 0.255. The lowest BCUT2D eigenvalue weighted by Crippen LogP contribution is -2.25. The second-order valence-corrected chi connectivity index (χ2v) is 6.87. The minimum atomic E-state index is -0.725. The van der Waals surface area contributed by atoms with Crippen LogP contribution in [-0.2, 0) is 10.8 Å². The van der Waals surface area contributed by atoms with Gasteiger partial charge in [0, 0.05) is 33.3 Å². The first-order chi connectivity index (χ1) is 8.59. The molecule has 1 aromatic rings. The molecular formula is C13H20BrNO2S. The number of rotatable bonds is 8. The molecule has 3 nitrogen and oxygen atoms in total. The molecule has 2 atom stereocenters. The summed E-state index contributed by atoms with van der Waals surface area (Å²) in [6.45, 7) is 4.34. The summed E-state index contributed by atoms with van der Waals surface area (Å²) in [4.78, 5) is 0. The number of hydrogen-bond donors (Lipinski definition) is 1. The van der Waals surface area contributed by atoms with Gasteiger partial charge in [0.1, 0.15) is 12.4 Å². The Hall–Kier alpha value is -0.390. The largest absolute Gasteiger partial charge is 0.492 e. The van der Waals surface area contributed by atoms with E-state index in [0.29, 0.717) is 6.61 Å². The smallest absolute Gasteiger partial charge is 0.119 e. The average molecular weight is 334 g/mol. The van der Waals surface area contributed by atoms with Crippen LogP contribution in [0.5, 0.6) is 5.75 Å². The van der Waals surface area contributed by atoms with Crippen molar-refractivity contribution in [3.63, 3.8) is 0 Å². The van der Waals surface area contributed by atoms with E-state index in [-0.39, 0.29) is 5.25 Å². The van der Waals surface area contributed by atoms with Crippen molar-refractivity contribution in [1.29, 1.82) is 0 Å². The molecule has 0 aliphatic heterocycles. The molecule has 5 heteroatoms. The lowest BCUT2D eigenvalue weighted by atomic mass is 10.3. The quantitative estimate of drug-likeness (QED) is 0.743. The zero-order valence-electron chi connectivity index (χ0n) is 10.8. The molecule has 18 heavy (non-hydrogen) atoms. The van der Waals surface area contributed by atoms with Crippen LogP contribution in [0, 0.1) is 0 Å². The third-order valence-corrected chi connectivity index (χ3v) is 4.55. The number of hydrogen-bond acceptors (Lipinski definition) is 3. The molecular weight excluding hydrogens is 314 g/mol. The molecule has 0 aromatic heterocycles. The molecule has 0 spiro atoms. The summed E-state index contributed by atoms with van der Waals surface area (Å²) in [5, 5.41) is 3.54. The molecule has 0 amide bonds. The number of nitrogens with one attached hydrogen (secondary N) is 1. The Morgan fingerprint density at radius 2 is 2.00 bits per heavy atom. The van der Waals surface area contributed by atoms with E-state index < -0.39 is 10.8 Å². The Balaban J connectivity index is 2.05. The number of ether oxygens (including phenoxy) is 1. The van der Waals surface area contributed by atoms with Crippen LogP contribution in [0.2, 0.25) is 0 Å². The lowest BCUT2D eigenvalue weighted by molar-refractivity contribution is 0.314. The van der Waals surface area contributed by atoms with Gasteiger partial charge in [0.2, 0.25) is 0 Å². The van der Waals surface area contributed by atoms with E-state index in [1.807, 2.05) is 31.2 Å². The molecule has 0 aliphatic rings. The average Bonchev–Trinajstić information content (AvgIpc) is 2.35. The van der Waals surface area contributed by atoms with Gasteiger partial charge in [-0.15, -0.1) is 0 Å². The van der Waals surface area contributed by atoms with Gasteiger partial charge in [-0.05, 0) is 37.2 Å². The third kappa shape index (κ3) is 6.52. The van der Waals surface area contributed by atoms with Crippen molar-refractivity contribution in [3.05, 3.63) is 28.7 Å². The van der Waals surface area contributed by atoms with Crippen molar-refractivity contribution < 1.29 is 8.95 Å². The van der Waals surface area contributed by atoms with Crippen molar-refractivity contribution in [2.45, 2.75) is 18.6 Å². The summed E-state index contributed by atoms with van der Waals surface area (Å²) in [7, 11) is -0.725. The van der Waals surface area contributed by atoms with Crippen molar-refractivity contribution in [2.24, 2.45) is 0 Å². The highest BCUT2D eigenvalue weighted by Crippen LogP contribution is 2.15. The zero-order valence-corrected chi connectivity index (χ0v) is 13.2. The highest BCUT2D eigenvalue weighted by atomic mass is 79.9. The van der Waals surface area contributed by atoms with Gasteiger partial charge in [-0.3, -0.25) is 4.21 Å². The third-order valence-electron chi connectivity index (χ3n) is 2.66. The molecule has 1 N–H and O–H groups in total. The second kappa shape index (κ2) is 8.67. The van der Waals surface area contributed by atoms with Gasteiger partial charge in [-0.1, -0.05) is 22.9 Å². The summed E-state index contributed by atoms with van der Waals surface area (Å²) in [5.74, 6) is 0.878. The fraction of sp³-hybridized carbons (Fsp3) is 0.538. The Morgan fingerprint density at radius 3 is 2.61 bits per heavy atom. The Bertz CT molecular complexity index is 370. The fourth-order valence-corrected chi connectivity index (χ4v) is 2.08. The summed E-state index contributed by atoms with van der Waals surface area (Å²) >= 11 is 3.38. The standard InChI is InChI=1S/C13H20BrNO2S/c1-11(18(2)16)7-8-15-9-10-17-13-5-3-12(14)4-6-13/h3-6,11,15H,7-10H2,1-2H3. The topological polar surface area (TPSA) is 38.3 Å². The molecule has 0 heterocycles. The van der Waals surface area contributed by atoms with Crippen molar-refractivity contribution in [1.82, 2.24) is 5.32 Å². The first-order valence-corrected chi connectivity index (χ1v) is 8.42. The summed E-state index contributed by atoms with van der Waals surface area (Å²) in [5.41, 5.74) is 0. The maximum Gasteiger partial charge on any atom is 0.119 e. The second-order valence-electron chi connectivity index (χ2n) is 4.15. The Labute approximate surface area is 120 Å². The van der Waals surface area contributed by atoms with Crippen molar-refractivity contribution in [3.8, 4) is 5.75 Å². The number of benzene rings is 1. The first-order valence-electron chi connectivity index (χ1n) is 6.01. The van der Waals surface area contributed by atoms with Crippen molar-refractivity contribution >= 4 is 26.7 Å². The van der Waals surface area contributed by atoms with Crippen LogP contribution in [0.4, 0.5) is 0 Å². The van der Waals surface area contributed by atoms with E-state index in [1.54, 1.807) is 6.26 Å². The van der Waals surface area contributed by atoms with Crippen LogP contribution in [0.15, 0.2) is 28.7 Å². The minimum Gasteiger partial charge on any atom is -0.492 e. The van der Waals surface area contributed by atoms with E-state index in [9.17, 15) is 4.21 Å². The maximum absolute atomic E-state index is 11.1. The van der Waals surface area contributed by atoms with Crippen LogP contribution in [-0.4, -0.2) is 35.4 Å². The molecule has 1 aromatic carbocycles. The van der Waals surface area contributed by atoms with Crippen LogP contribution in [0.25, 0.3) is 0 Å². The van der Waals surface area contributed by atoms with E-state index in [0.717, 1.165) is 29.7 Å². The monoisotopic (exact) mass is 333 g/mol. The van der Waals surface area contributed by atoms with Gasteiger partial charge in [0.05, 0.1) is 0 Å². The molecule has 1 rings (SSSR count).